The number of fused-ring (bicyclic) bond motifs is 1. The molecule has 3 aromatic rings. The van der Waals surface area contributed by atoms with E-state index in [1.807, 2.05) is 13.0 Å². The van der Waals surface area contributed by atoms with Crippen LogP contribution >= 0.6 is 11.6 Å². The van der Waals surface area contributed by atoms with Crippen LogP contribution in [-0.2, 0) is 4.79 Å². The number of benzene rings is 1. The zero-order valence-corrected chi connectivity index (χ0v) is 12.2. The van der Waals surface area contributed by atoms with E-state index < -0.39 is 5.97 Å². The van der Waals surface area contributed by atoms with Crippen LogP contribution in [0.4, 0.5) is 0 Å². The molecule has 0 atom stereocenters. The predicted octanol–water partition coefficient (Wildman–Crippen LogP) is 3.51. The third kappa shape index (κ3) is 2.60. The smallest absolute Gasteiger partial charge is 0.308 e. The number of halogens is 1. The number of esters is 1. The lowest BCUT2D eigenvalue weighted by molar-refractivity contribution is -0.131. The Kier molecular flexibility index (Phi) is 3.35. The van der Waals surface area contributed by atoms with Crippen molar-refractivity contribution in [2.24, 2.45) is 0 Å². The van der Waals surface area contributed by atoms with Gasteiger partial charge in [-0.3, -0.25) is 4.79 Å². The highest BCUT2D eigenvalue weighted by molar-refractivity contribution is 6.30. The first-order chi connectivity index (χ1) is 10.0. The van der Waals surface area contributed by atoms with E-state index in [0.717, 1.165) is 11.0 Å². The number of H-pyrrole nitrogens is 1. The largest absolute Gasteiger partial charge is 0.426 e. The number of ether oxygens (including phenoxy) is 1. The number of hydrogen-bond donors (Lipinski definition) is 1. The molecule has 2 aromatic heterocycles. The quantitative estimate of drug-likeness (QED) is 0.581. The number of hydrogen-bond acceptors (Lipinski definition) is 4. The highest BCUT2D eigenvalue weighted by Gasteiger charge is 2.15. The van der Waals surface area contributed by atoms with Crippen molar-refractivity contribution in [3.8, 4) is 17.0 Å². The van der Waals surface area contributed by atoms with Gasteiger partial charge in [0.2, 0.25) is 0 Å². The van der Waals surface area contributed by atoms with Crippen LogP contribution in [0.3, 0.4) is 0 Å². The first-order valence-corrected chi connectivity index (χ1v) is 6.72. The zero-order chi connectivity index (χ0) is 15.0. The normalized spacial score (nSPS) is 10.8. The van der Waals surface area contributed by atoms with Gasteiger partial charge in [-0.1, -0.05) is 11.6 Å². The van der Waals surface area contributed by atoms with Crippen molar-refractivity contribution in [3.05, 3.63) is 41.3 Å². The van der Waals surface area contributed by atoms with E-state index in [0.29, 0.717) is 27.9 Å². The zero-order valence-electron chi connectivity index (χ0n) is 11.5. The molecular weight excluding hydrogens is 290 g/mol. The second-order valence-electron chi connectivity index (χ2n) is 4.59. The summed E-state index contributed by atoms with van der Waals surface area (Å²) in [6.07, 6.45) is 1.80. The number of aromatic amines is 1. The molecule has 1 aromatic carbocycles. The van der Waals surface area contributed by atoms with Crippen molar-refractivity contribution in [3.63, 3.8) is 0 Å². The van der Waals surface area contributed by atoms with E-state index in [4.69, 9.17) is 16.3 Å². The van der Waals surface area contributed by atoms with Crippen LogP contribution in [0, 0.1) is 6.92 Å². The lowest BCUT2D eigenvalue weighted by Crippen LogP contribution is -2.03. The molecule has 0 aliphatic carbocycles. The molecule has 0 aliphatic rings. The minimum absolute atomic E-state index is 0.385. The maximum absolute atomic E-state index is 11.3. The summed E-state index contributed by atoms with van der Waals surface area (Å²) in [7, 11) is 0. The van der Waals surface area contributed by atoms with Crippen LogP contribution in [0.15, 0.2) is 30.5 Å². The molecule has 6 heteroatoms. The molecular formula is C15H12ClN3O2. The molecule has 0 spiro atoms. The Morgan fingerprint density at radius 2 is 2.10 bits per heavy atom. The van der Waals surface area contributed by atoms with Gasteiger partial charge in [-0.25, -0.2) is 9.97 Å². The Labute approximate surface area is 125 Å². The maximum Gasteiger partial charge on any atom is 0.308 e. The van der Waals surface area contributed by atoms with Gasteiger partial charge < -0.3 is 9.72 Å². The van der Waals surface area contributed by atoms with Crippen LogP contribution in [0.2, 0.25) is 5.02 Å². The summed E-state index contributed by atoms with van der Waals surface area (Å²) in [6.45, 7) is 3.16. The molecule has 1 N–H and O–H groups in total. The maximum atomic E-state index is 11.3. The van der Waals surface area contributed by atoms with Gasteiger partial charge in [-0.2, -0.15) is 0 Å². The van der Waals surface area contributed by atoms with Crippen molar-refractivity contribution in [2.45, 2.75) is 13.8 Å². The number of rotatable bonds is 2. The molecule has 0 saturated heterocycles. The predicted molar refractivity (Wildman–Crippen MR) is 80.4 cm³/mol. The second kappa shape index (κ2) is 5.18. The van der Waals surface area contributed by atoms with Crippen molar-refractivity contribution in [2.75, 3.05) is 0 Å². The topological polar surface area (TPSA) is 67.9 Å². The molecule has 0 amide bonds. The summed E-state index contributed by atoms with van der Waals surface area (Å²) in [5.41, 5.74) is 2.14. The molecule has 0 aliphatic heterocycles. The summed E-state index contributed by atoms with van der Waals surface area (Å²) >= 11 is 5.99. The fraction of sp³-hybridized carbons (Fsp3) is 0.133. The molecule has 21 heavy (non-hydrogen) atoms. The van der Waals surface area contributed by atoms with E-state index in [1.165, 1.54) is 6.92 Å². The number of aromatic nitrogens is 3. The van der Waals surface area contributed by atoms with Crippen molar-refractivity contribution >= 4 is 28.6 Å². The average molecular weight is 302 g/mol. The van der Waals surface area contributed by atoms with E-state index in [9.17, 15) is 4.79 Å². The Morgan fingerprint density at radius 3 is 2.86 bits per heavy atom. The van der Waals surface area contributed by atoms with Crippen LogP contribution in [-0.4, -0.2) is 20.9 Å². The summed E-state index contributed by atoms with van der Waals surface area (Å²) in [4.78, 5) is 23.1. The number of nitrogens with zero attached hydrogens (tertiary/aromatic N) is 2. The van der Waals surface area contributed by atoms with Gasteiger partial charge in [0.15, 0.2) is 0 Å². The Bertz CT molecular complexity index is 842. The summed E-state index contributed by atoms with van der Waals surface area (Å²) in [5.74, 6) is 0.605. The molecule has 5 nitrogen and oxygen atoms in total. The molecule has 0 bridgehead atoms. The lowest BCUT2D eigenvalue weighted by atomic mass is 10.1. The summed E-state index contributed by atoms with van der Waals surface area (Å²) in [6, 6.07) is 7.01. The van der Waals surface area contributed by atoms with Gasteiger partial charge in [-0.05, 0) is 25.1 Å². The summed E-state index contributed by atoms with van der Waals surface area (Å²) < 4.78 is 5.25. The SMILES string of the molecule is CC(=O)Oc1cc(Cl)ccc1-c1nc(C)nc2[nH]ccc12. The van der Waals surface area contributed by atoms with E-state index in [1.54, 1.807) is 24.4 Å². The van der Waals surface area contributed by atoms with Gasteiger partial charge in [0, 0.05) is 35.2 Å². The van der Waals surface area contributed by atoms with Gasteiger partial charge in [0.1, 0.15) is 17.2 Å². The Hall–Kier alpha value is -2.40. The third-order valence-corrected chi connectivity index (χ3v) is 3.22. The Morgan fingerprint density at radius 1 is 1.29 bits per heavy atom. The highest BCUT2D eigenvalue weighted by Crippen LogP contribution is 2.35. The highest BCUT2D eigenvalue weighted by atomic mass is 35.5. The fourth-order valence-corrected chi connectivity index (χ4v) is 2.35. The molecule has 0 saturated carbocycles. The average Bonchev–Trinajstić information content (AvgIpc) is 2.85. The Balaban J connectivity index is 2.27. The molecule has 0 fully saturated rings. The minimum Gasteiger partial charge on any atom is -0.426 e. The fourth-order valence-electron chi connectivity index (χ4n) is 2.19. The molecule has 0 unspecified atom stereocenters. The van der Waals surface area contributed by atoms with Crippen LogP contribution in [0.1, 0.15) is 12.7 Å². The van der Waals surface area contributed by atoms with Crippen LogP contribution in [0.25, 0.3) is 22.3 Å². The first-order valence-electron chi connectivity index (χ1n) is 6.34. The number of carbonyl (C=O) groups is 1. The van der Waals surface area contributed by atoms with Crippen LogP contribution in [0.5, 0.6) is 5.75 Å². The number of carbonyl (C=O) groups excluding carboxylic acids is 1. The van der Waals surface area contributed by atoms with Crippen molar-refractivity contribution in [1.29, 1.82) is 0 Å². The molecule has 0 radical (unpaired) electrons. The van der Waals surface area contributed by atoms with Gasteiger partial charge in [-0.15, -0.1) is 0 Å². The number of nitrogens with one attached hydrogen (secondary N) is 1. The van der Waals surface area contributed by atoms with Gasteiger partial charge >= 0.3 is 5.97 Å². The van der Waals surface area contributed by atoms with E-state index >= 15 is 0 Å². The number of aryl methyl sites for hydroxylation is 1. The van der Waals surface area contributed by atoms with E-state index in [2.05, 4.69) is 15.0 Å². The van der Waals surface area contributed by atoms with Gasteiger partial charge in [0.05, 0.1) is 5.69 Å². The third-order valence-electron chi connectivity index (χ3n) is 2.98. The van der Waals surface area contributed by atoms with Gasteiger partial charge in [0.25, 0.3) is 0 Å². The lowest BCUT2D eigenvalue weighted by Gasteiger charge is -2.10. The minimum atomic E-state index is -0.408. The summed E-state index contributed by atoms with van der Waals surface area (Å²) in [5, 5.41) is 1.35. The molecule has 106 valence electrons. The first kappa shape index (κ1) is 13.6. The van der Waals surface area contributed by atoms with Crippen LogP contribution < -0.4 is 4.74 Å². The van der Waals surface area contributed by atoms with Crippen molar-refractivity contribution < 1.29 is 9.53 Å². The monoisotopic (exact) mass is 301 g/mol. The molecule has 2 heterocycles. The second-order valence-corrected chi connectivity index (χ2v) is 5.03. The van der Waals surface area contributed by atoms with Crippen molar-refractivity contribution in [1.82, 2.24) is 15.0 Å². The van der Waals surface area contributed by atoms with E-state index in [-0.39, 0.29) is 0 Å². The molecule has 3 rings (SSSR count). The standard InChI is InChI=1S/C15H12ClN3O2/c1-8-18-14(12-5-6-17-15(12)19-8)11-4-3-10(16)7-13(11)21-9(2)20/h3-7H,1-2H3,(H,17,18,19).